The molecular weight excluding hydrogens is 146 g/mol. The highest BCUT2D eigenvalue weighted by Gasteiger charge is 2.26. The third-order valence-electron chi connectivity index (χ3n) is 1.78. The number of hydrogen-bond acceptors (Lipinski definition) is 4. The molecule has 1 fully saturated rings. The summed E-state index contributed by atoms with van der Waals surface area (Å²) in [5.41, 5.74) is 0. The monoisotopic (exact) mass is 157 g/mol. The van der Waals surface area contributed by atoms with Crippen molar-refractivity contribution < 1.29 is 14.3 Å². The van der Waals surface area contributed by atoms with Crippen LogP contribution >= 0.6 is 0 Å². The van der Waals surface area contributed by atoms with E-state index in [9.17, 15) is 9.59 Å². The molecule has 1 saturated heterocycles. The van der Waals surface area contributed by atoms with E-state index < -0.39 is 5.97 Å². The van der Waals surface area contributed by atoms with Crippen molar-refractivity contribution in [3.63, 3.8) is 0 Å². The smallest absolute Gasteiger partial charge is 0.313 e. The molecule has 0 aliphatic carbocycles. The number of carbonyl (C=O) groups excluding carboxylic acids is 2. The minimum absolute atomic E-state index is 0.0180. The fraction of sp³-hybridized carbons (Fsp3) is 0.714. The minimum atomic E-state index is -0.443. The Bertz CT molecular complexity index is 175. The number of ether oxygens (including phenoxy) is 1. The maximum atomic E-state index is 11.1. The van der Waals surface area contributed by atoms with Gasteiger partial charge < -0.3 is 10.1 Å². The van der Waals surface area contributed by atoms with Crippen LogP contribution < -0.4 is 5.32 Å². The number of Topliss-reactive ketones (excluding diaryl/α,β-unsaturated/α-hetero) is 1. The molecule has 1 rings (SSSR count). The predicted molar refractivity (Wildman–Crippen MR) is 38.0 cm³/mol. The fourth-order valence-corrected chi connectivity index (χ4v) is 0.875. The lowest BCUT2D eigenvalue weighted by Gasteiger charge is -2.24. The molecule has 4 nitrogen and oxygen atoms in total. The van der Waals surface area contributed by atoms with Gasteiger partial charge in [0.15, 0.2) is 0 Å². The van der Waals surface area contributed by atoms with Crippen LogP contribution in [0.25, 0.3) is 0 Å². The molecule has 1 heterocycles. The second-order valence-electron chi connectivity index (χ2n) is 2.57. The average Bonchev–Trinajstić information content (AvgIpc) is 1.83. The quantitative estimate of drug-likeness (QED) is 0.436. The van der Waals surface area contributed by atoms with E-state index >= 15 is 0 Å². The van der Waals surface area contributed by atoms with Gasteiger partial charge in [0.05, 0.1) is 7.11 Å². The van der Waals surface area contributed by atoms with E-state index in [1.807, 2.05) is 0 Å². The van der Waals surface area contributed by atoms with Gasteiger partial charge in [0.1, 0.15) is 12.2 Å². The highest BCUT2D eigenvalue weighted by atomic mass is 16.5. The van der Waals surface area contributed by atoms with Crippen molar-refractivity contribution in [2.24, 2.45) is 5.92 Å². The Labute approximate surface area is 64.9 Å². The lowest BCUT2D eigenvalue weighted by Crippen LogP contribution is -2.47. The topological polar surface area (TPSA) is 55.4 Å². The van der Waals surface area contributed by atoms with E-state index in [-0.39, 0.29) is 18.1 Å². The van der Waals surface area contributed by atoms with Gasteiger partial charge >= 0.3 is 5.97 Å². The molecule has 0 atom stereocenters. The summed E-state index contributed by atoms with van der Waals surface area (Å²) in [6.45, 7) is 1.41. The van der Waals surface area contributed by atoms with Gasteiger partial charge in [0.2, 0.25) is 0 Å². The normalized spacial score (nSPS) is 17.2. The predicted octanol–water partition coefficient (Wildman–Crippen LogP) is -0.662. The Balaban J connectivity index is 2.25. The van der Waals surface area contributed by atoms with Crippen LogP contribution in [-0.2, 0) is 14.3 Å². The second-order valence-corrected chi connectivity index (χ2v) is 2.57. The molecule has 0 saturated carbocycles. The van der Waals surface area contributed by atoms with Crippen LogP contribution in [-0.4, -0.2) is 32.0 Å². The molecule has 0 unspecified atom stereocenters. The molecule has 11 heavy (non-hydrogen) atoms. The first-order valence-electron chi connectivity index (χ1n) is 3.54. The van der Waals surface area contributed by atoms with E-state index in [4.69, 9.17) is 0 Å². The molecule has 0 spiro atoms. The van der Waals surface area contributed by atoms with Gasteiger partial charge in [-0.05, 0) is 0 Å². The third-order valence-corrected chi connectivity index (χ3v) is 1.78. The van der Waals surface area contributed by atoms with Crippen molar-refractivity contribution in [3.8, 4) is 0 Å². The summed E-state index contributed by atoms with van der Waals surface area (Å²) in [6, 6.07) is 0. The first-order chi connectivity index (χ1) is 5.24. The lowest BCUT2D eigenvalue weighted by atomic mass is 9.96. The van der Waals surface area contributed by atoms with E-state index in [0.717, 1.165) is 0 Å². The van der Waals surface area contributed by atoms with Crippen LogP contribution in [0.1, 0.15) is 6.42 Å². The Kier molecular flexibility index (Phi) is 2.59. The lowest BCUT2D eigenvalue weighted by molar-refractivity contribution is -0.144. The van der Waals surface area contributed by atoms with Gasteiger partial charge in [-0.25, -0.2) is 0 Å². The zero-order valence-electron chi connectivity index (χ0n) is 6.42. The Morgan fingerprint density at radius 3 is 2.55 bits per heavy atom. The van der Waals surface area contributed by atoms with Crippen molar-refractivity contribution in [1.82, 2.24) is 5.32 Å². The van der Waals surface area contributed by atoms with Gasteiger partial charge in [0.25, 0.3) is 0 Å². The summed E-state index contributed by atoms with van der Waals surface area (Å²) < 4.78 is 4.36. The summed E-state index contributed by atoms with van der Waals surface area (Å²) in [5.74, 6) is -0.424. The number of hydrogen-bond donors (Lipinski definition) is 1. The second kappa shape index (κ2) is 3.48. The van der Waals surface area contributed by atoms with Crippen LogP contribution in [0, 0.1) is 5.92 Å². The van der Waals surface area contributed by atoms with Crippen molar-refractivity contribution in [3.05, 3.63) is 0 Å². The number of nitrogens with one attached hydrogen (secondary N) is 1. The van der Waals surface area contributed by atoms with Crippen LogP contribution in [0.3, 0.4) is 0 Å². The molecule has 62 valence electrons. The van der Waals surface area contributed by atoms with Crippen molar-refractivity contribution in [2.75, 3.05) is 20.2 Å². The van der Waals surface area contributed by atoms with E-state index in [1.165, 1.54) is 7.11 Å². The third kappa shape index (κ3) is 2.01. The largest absolute Gasteiger partial charge is 0.469 e. The molecule has 4 heteroatoms. The molecule has 1 aliphatic rings. The van der Waals surface area contributed by atoms with Crippen LogP contribution in [0.5, 0.6) is 0 Å². The zero-order chi connectivity index (χ0) is 8.27. The standard InChI is InChI=1S/C7H11NO3/c1-11-7(10)2-6(9)5-3-8-4-5/h5,8H,2-4H2,1H3. The molecule has 1 N–H and O–H groups in total. The van der Waals surface area contributed by atoms with Crippen molar-refractivity contribution in [1.29, 1.82) is 0 Å². The van der Waals surface area contributed by atoms with Gasteiger partial charge in [-0.2, -0.15) is 0 Å². The molecule has 0 bridgehead atoms. The summed E-state index contributed by atoms with van der Waals surface area (Å²) in [5, 5.41) is 2.96. The fourth-order valence-electron chi connectivity index (χ4n) is 0.875. The highest BCUT2D eigenvalue weighted by molar-refractivity contribution is 5.97. The number of ketones is 1. The molecule has 0 aromatic heterocycles. The van der Waals surface area contributed by atoms with E-state index in [2.05, 4.69) is 10.1 Å². The van der Waals surface area contributed by atoms with Crippen molar-refractivity contribution >= 4 is 11.8 Å². The molecule has 1 aliphatic heterocycles. The van der Waals surface area contributed by atoms with Gasteiger partial charge in [0, 0.05) is 19.0 Å². The number of carbonyl (C=O) groups is 2. The van der Waals surface area contributed by atoms with E-state index in [1.54, 1.807) is 0 Å². The van der Waals surface area contributed by atoms with Crippen LogP contribution in [0.2, 0.25) is 0 Å². The number of esters is 1. The van der Waals surface area contributed by atoms with Crippen LogP contribution in [0.15, 0.2) is 0 Å². The molecule has 0 aromatic carbocycles. The van der Waals surface area contributed by atoms with Crippen molar-refractivity contribution in [2.45, 2.75) is 6.42 Å². The Morgan fingerprint density at radius 1 is 1.55 bits per heavy atom. The highest BCUT2D eigenvalue weighted by Crippen LogP contribution is 2.06. The number of rotatable bonds is 3. The Hall–Kier alpha value is -0.900. The maximum Gasteiger partial charge on any atom is 0.313 e. The van der Waals surface area contributed by atoms with Gasteiger partial charge in [-0.15, -0.1) is 0 Å². The maximum absolute atomic E-state index is 11.1. The molecule has 0 amide bonds. The molecule has 0 aromatic rings. The average molecular weight is 157 g/mol. The minimum Gasteiger partial charge on any atom is -0.469 e. The summed E-state index contributed by atoms with van der Waals surface area (Å²) in [4.78, 5) is 21.7. The Morgan fingerprint density at radius 2 is 2.18 bits per heavy atom. The van der Waals surface area contributed by atoms with Gasteiger partial charge in [-0.3, -0.25) is 9.59 Å². The van der Waals surface area contributed by atoms with Crippen LogP contribution in [0.4, 0.5) is 0 Å². The van der Waals surface area contributed by atoms with E-state index in [0.29, 0.717) is 13.1 Å². The zero-order valence-corrected chi connectivity index (χ0v) is 6.42. The first-order valence-corrected chi connectivity index (χ1v) is 3.54. The first kappa shape index (κ1) is 8.20. The summed E-state index contributed by atoms with van der Waals surface area (Å²) in [6.07, 6.45) is -0.0805. The molecule has 0 radical (unpaired) electrons. The molecular formula is C7H11NO3. The van der Waals surface area contributed by atoms with Gasteiger partial charge in [-0.1, -0.05) is 0 Å². The summed E-state index contributed by atoms with van der Waals surface area (Å²) in [7, 11) is 1.29. The number of methoxy groups -OCH3 is 1. The SMILES string of the molecule is COC(=O)CC(=O)C1CNC1. The summed E-state index contributed by atoms with van der Waals surface area (Å²) >= 11 is 0.